The van der Waals surface area contributed by atoms with Gasteiger partial charge in [0, 0.05) is 12.2 Å². The number of rotatable bonds is 5. The Morgan fingerprint density at radius 2 is 2.00 bits per heavy atom. The van der Waals surface area contributed by atoms with Crippen LogP contribution in [-0.2, 0) is 9.53 Å². The number of nitrogens with one attached hydrogen (secondary N) is 1. The van der Waals surface area contributed by atoms with Crippen LogP contribution >= 0.6 is 11.6 Å². The lowest BCUT2D eigenvalue weighted by Crippen LogP contribution is -2.52. The summed E-state index contributed by atoms with van der Waals surface area (Å²) in [6.07, 6.45) is 9.06. The largest absolute Gasteiger partial charge is 0.466 e. The molecule has 144 valence electrons. The van der Waals surface area contributed by atoms with Crippen LogP contribution in [0.5, 0.6) is 0 Å². The van der Waals surface area contributed by atoms with Gasteiger partial charge in [0.2, 0.25) is 5.28 Å². The summed E-state index contributed by atoms with van der Waals surface area (Å²) in [6, 6.07) is 2.21. The summed E-state index contributed by atoms with van der Waals surface area (Å²) in [6.45, 7) is 2.29. The zero-order valence-corrected chi connectivity index (χ0v) is 16.3. The van der Waals surface area contributed by atoms with E-state index >= 15 is 0 Å². The van der Waals surface area contributed by atoms with Crippen molar-refractivity contribution >= 4 is 28.9 Å². The van der Waals surface area contributed by atoms with E-state index < -0.39 is 0 Å². The highest BCUT2D eigenvalue weighted by Crippen LogP contribution is 2.47. The van der Waals surface area contributed by atoms with Gasteiger partial charge in [-0.2, -0.15) is 4.98 Å². The van der Waals surface area contributed by atoms with Gasteiger partial charge in [-0.3, -0.25) is 4.79 Å². The van der Waals surface area contributed by atoms with Crippen molar-refractivity contribution in [3.8, 4) is 0 Å². The van der Waals surface area contributed by atoms with E-state index in [1.54, 1.807) is 0 Å². The molecule has 4 aliphatic carbocycles. The Hall–Kier alpha value is -1.82. The highest BCUT2D eigenvalue weighted by molar-refractivity contribution is 6.28. The molecule has 7 heteroatoms. The second kappa shape index (κ2) is 6.66. The summed E-state index contributed by atoms with van der Waals surface area (Å²) >= 11 is 6.20. The van der Waals surface area contributed by atoms with Crippen LogP contribution in [0.25, 0.3) is 5.52 Å². The molecule has 0 radical (unpaired) electrons. The van der Waals surface area contributed by atoms with Crippen LogP contribution in [0, 0.1) is 17.8 Å². The Kier molecular flexibility index (Phi) is 4.26. The maximum Gasteiger partial charge on any atom is 0.311 e. The van der Waals surface area contributed by atoms with Gasteiger partial charge < -0.3 is 10.1 Å². The zero-order chi connectivity index (χ0) is 18.5. The molecule has 6 nitrogen and oxygen atoms in total. The van der Waals surface area contributed by atoms with Gasteiger partial charge in [-0.15, -0.1) is 5.10 Å². The van der Waals surface area contributed by atoms with Crippen LogP contribution in [0.1, 0.15) is 56.9 Å². The molecule has 6 rings (SSSR count). The van der Waals surface area contributed by atoms with Crippen molar-refractivity contribution in [2.45, 2.75) is 57.4 Å². The van der Waals surface area contributed by atoms with Crippen molar-refractivity contribution in [1.29, 1.82) is 0 Å². The quantitative estimate of drug-likeness (QED) is 0.783. The average Bonchev–Trinajstić information content (AvgIpc) is 3.42. The molecule has 1 N–H and O–H groups in total. The van der Waals surface area contributed by atoms with E-state index in [0.29, 0.717) is 24.4 Å². The normalized spacial score (nSPS) is 29.9. The molecule has 0 aliphatic heterocycles. The highest BCUT2D eigenvalue weighted by atomic mass is 35.5. The van der Waals surface area contributed by atoms with Gasteiger partial charge in [0.25, 0.3) is 0 Å². The first-order valence-electron chi connectivity index (χ1n) is 10.1. The molecular formula is C20H25ClN4O2. The minimum Gasteiger partial charge on any atom is -0.466 e. The molecule has 4 fully saturated rings. The molecule has 2 bridgehead atoms. The van der Waals surface area contributed by atoms with Gasteiger partial charge in [0.05, 0.1) is 12.5 Å². The van der Waals surface area contributed by atoms with Crippen LogP contribution in [0.3, 0.4) is 0 Å². The van der Waals surface area contributed by atoms with Gasteiger partial charge in [-0.25, -0.2) is 4.52 Å². The number of nitrogens with zero attached hydrogens (tertiary/aromatic N) is 3. The van der Waals surface area contributed by atoms with Crippen molar-refractivity contribution in [2.75, 3.05) is 11.9 Å². The van der Waals surface area contributed by atoms with E-state index in [0.717, 1.165) is 37.0 Å². The number of ether oxygens (including phenoxy) is 1. The lowest BCUT2D eigenvalue weighted by Gasteiger charge is -2.47. The summed E-state index contributed by atoms with van der Waals surface area (Å²) < 4.78 is 7.24. The summed E-state index contributed by atoms with van der Waals surface area (Å²) in [5.74, 6) is 2.05. The van der Waals surface area contributed by atoms with Crippen molar-refractivity contribution in [1.82, 2.24) is 14.6 Å². The Labute approximate surface area is 163 Å². The molecule has 4 saturated carbocycles. The number of hydrogen-bond acceptors (Lipinski definition) is 5. The summed E-state index contributed by atoms with van der Waals surface area (Å²) in [5, 5.41) is 8.15. The maximum absolute atomic E-state index is 12.7. The fraction of sp³-hybridized carbons (Fsp3) is 0.650. The number of halogens is 1. The van der Waals surface area contributed by atoms with Crippen LogP contribution in [0.15, 0.2) is 12.3 Å². The van der Waals surface area contributed by atoms with Crippen LogP contribution in [-0.4, -0.2) is 33.2 Å². The summed E-state index contributed by atoms with van der Waals surface area (Å²) in [4.78, 5) is 17.2. The highest BCUT2D eigenvalue weighted by Gasteiger charge is 2.48. The topological polar surface area (TPSA) is 68.5 Å². The first-order chi connectivity index (χ1) is 13.1. The molecule has 0 saturated heterocycles. The average molecular weight is 389 g/mol. The Bertz CT molecular complexity index is 870. The number of anilines is 1. The van der Waals surface area contributed by atoms with Gasteiger partial charge in [-0.1, -0.05) is 0 Å². The zero-order valence-electron chi connectivity index (χ0n) is 15.5. The second-order valence-corrected chi connectivity index (χ2v) is 8.57. The van der Waals surface area contributed by atoms with Crippen molar-refractivity contribution in [3.63, 3.8) is 0 Å². The Morgan fingerprint density at radius 1 is 1.26 bits per heavy atom. The molecule has 4 aliphatic rings. The molecule has 2 heterocycles. The van der Waals surface area contributed by atoms with Crippen LogP contribution in [0.2, 0.25) is 5.28 Å². The molecule has 0 unspecified atom stereocenters. The van der Waals surface area contributed by atoms with E-state index in [1.807, 2.05) is 11.4 Å². The number of carbonyl (C=O) groups excluding carboxylic acids is 1. The third kappa shape index (κ3) is 3.08. The number of carbonyl (C=O) groups is 1. The maximum atomic E-state index is 12.7. The first-order valence-corrected chi connectivity index (χ1v) is 10.5. The molecule has 2 aromatic rings. The first kappa shape index (κ1) is 17.3. The van der Waals surface area contributed by atoms with Crippen molar-refractivity contribution in [3.05, 3.63) is 23.1 Å². The van der Waals surface area contributed by atoms with E-state index in [1.165, 1.54) is 18.4 Å². The van der Waals surface area contributed by atoms with Crippen LogP contribution in [0.4, 0.5) is 5.82 Å². The number of fused-ring (bicyclic) bond motifs is 4. The third-order valence-corrected chi connectivity index (χ3v) is 6.75. The van der Waals surface area contributed by atoms with Crippen molar-refractivity contribution < 1.29 is 9.53 Å². The second-order valence-electron chi connectivity index (χ2n) is 8.23. The molecule has 2 aromatic heterocycles. The molecule has 0 aromatic carbocycles. The number of aromatic nitrogens is 3. The van der Waals surface area contributed by atoms with E-state index in [-0.39, 0.29) is 23.2 Å². The Morgan fingerprint density at radius 3 is 2.70 bits per heavy atom. The van der Waals surface area contributed by atoms with E-state index in [4.69, 9.17) is 16.3 Å². The molecule has 0 amide bonds. The minimum absolute atomic E-state index is 0.0468. The number of hydrogen-bond donors (Lipinski definition) is 1. The molecular weight excluding hydrogens is 364 g/mol. The van der Waals surface area contributed by atoms with Crippen molar-refractivity contribution in [2.24, 2.45) is 17.8 Å². The predicted octanol–water partition coefficient (Wildman–Crippen LogP) is 4.04. The van der Waals surface area contributed by atoms with Gasteiger partial charge in [-0.05, 0) is 86.4 Å². The number of esters is 1. The summed E-state index contributed by atoms with van der Waals surface area (Å²) in [7, 11) is 0. The molecule has 2 atom stereocenters. The predicted molar refractivity (Wildman–Crippen MR) is 103 cm³/mol. The Balaban J connectivity index is 1.50. The molecule has 0 spiro atoms. The fourth-order valence-corrected chi connectivity index (χ4v) is 5.30. The van der Waals surface area contributed by atoms with E-state index in [9.17, 15) is 4.79 Å². The lowest BCUT2D eigenvalue weighted by molar-refractivity contribution is -0.154. The van der Waals surface area contributed by atoms with Gasteiger partial charge in [0.1, 0.15) is 5.52 Å². The standard InChI is InChI=1S/C20H25ClN4O2/c1-2-27-19(26)16-12-5-7-13(8-6-12)17(16)22-18-15-9-14(11-3-4-11)10-25(15)24-20(21)23-18/h9-13,16-17H,2-8H2,1H3,(H,22,23,24)/t12-,13+,16-,17-/m0/s1. The monoisotopic (exact) mass is 388 g/mol. The molecule has 27 heavy (non-hydrogen) atoms. The minimum atomic E-state index is -0.107. The lowest BCUT2D eigenvalue weighted by atomic mass is 9.61. The third-order valence-electron chi connectivity index (χ3n) is 6.59. The smallest absolute Gasteiger partial charge is 0.311 e. The van der Waals surface area contributed by atoms with Gasteiger partial charge >= 0.3 is 5.97 Å². The fourth-order valence-electron chi connectivity index (χ4n) is 5.13. The van der Waals surface area contributed by atoms with E-state index in [2.05, 4.69) is 27.7 Å². The summed E-state index contributed by atoms with van der Waals surface area (Å²) in [5.41, 5.74) is 2.23. The van der Waals surface area contributed by atoms with Crippen LogP contribution < -0.4 is 5.32 Å². The SMILES string of the molecule is CCOC(=O)[C@H]1[C@H]2CC[C@H](CC2)[C@@H]1Nc1nc(Cl)nn2cc(C3CC3)cc12. The van der Waals surface area contributed by atoms with Gasteiger partial charge in [0.15, 0.2) is 5.82 Å².